The van der Waals surface area contributed by atoms with E-state index in [-0.39, 0.29) is 0 Å². The van der Waals surface area contributed by atoms with Crippen LogP contribution in [0.5, 0.6) is 0 Å². The minimum absolute atomic E-state index is 0.371. The maximum atomic E-state index is 8.20. The molecule has 0 aromatic heterocycles. The molecule has 64 valence electrons. The van der Waals surface area contributed by atoms with E-state index in [0.717, 1.165) is 12.8 Å². The molecule has 11 heavy (non-hydrogen) atoms. The van der Waals surface area contributed by atoms with Crippen LogP contribution in [0.15, 0.2) is 16.8 Å². The highest BCUT2D eigenvalue weighted by molar-refractivity contribution is 5.59. The normalized spacial score (nSPS) is 13.4. The lowest BCUT2D eigenvalue weighted by atomic mass is 10.1. The van der Waals surface area contributed by atoms with Crippen molar-refractivity contribution in [1.82, 2.24) is 0 Å². The molecule has 2 heteroatoms. The van der Waals surface area contributed by atoms with Gasteiger partial charge >= 0.3 is 0 Å². The molecule has 0 radical (unpaired) electrons. The molecule has 1 N–H and O–H groups in total. The van der Waals surface area contributed by atoms with Crippen LogP contribution in [0.3, 0.4) is 0 Å². The molecule has 0 saturated heterocycles. The van der Waals surface area contributed by atoms with E-state index in [9.17, 15) is 0 Å². The molecule has 0 spiro atoms. The van der Waals surface area contributed by atoms with Crippen LogP contribution in [0, 0.1) is 5.92 Å². The van der Waals surface area contributed by atoms with Crippen molar-refractivity contribution in [1.29, 1.82) is 0 Å². The van der Waals surface area contributed by atoms with Gasteiger partial charge < -0.3 is 5.21 Å². The van der Waals surface area contributed by atoms with E-state index in [4.69, 9.17) is 5.21 Å². The average molecular weight is 155 g/mol. The van der Waals surface area contributed by atoms with Gasteiger partial charge in [-0.3, -0.25) is 0 Å². The Morgan fingerprint density at radius 2 is 2.18 bits per heavy atom. The molecule has 2 nitrogen and oxygen atoms in total. The third-order valence-corrected chi connectivity index (χ3v) is 1.50. The van der Waals surface area contributed by atoms with Gasteiger partial charge in [-0.05, 0) is 32.6 Å². The topological polar surface area (TPSA) is 32.6 Å². The summed E-state index contributed by atoms with van der Waals surface area (Å²) >= 11 is 0. The molecule has 0 unspecified atom stereocenters. The number of rotatable bonds is 4. The largest absolute Gasteiger partial charge is 0.411 e. The van der Waals surface area contributed by atoms with Crippen LogP contribution in [0.2, 0.25) is 0 Å². The number of nitrogens with zero attached hydrogens (tertiary/aromatic N) is 1. The lowest BCUT2D eigenvalue weighted by molar-refractivity contribution is 0.318. The first kappa shape index (κ1) is 10.2. The first-order chi connectivity index (χ1) is 5.16. The monoisotopic (exact) mass is 155 g/mol. The summed E-state index contributed by atoms with van der Waals surface area (Å²) in [4.78, 5) is 0. The van der Waals surface area contributed by atoms with Gasteiger partial charge in [0.05, 0.1) is 0 Å². The fourth-order valence-electron chi connectivity index (χ4n) is 0.823. The molecular weight excluding hydrogens is 138 g/mol. The predicted molar refractivity (Wildman–Crippen MR) is 48.1 cm³/mol. The molecular formula is C9H17NO. The summed E-state index contributed by atoms with van der Waals surface area (Å²) in [6.45, 7) is 6.22. The van der Waals surface area contributed by atoms with Crippen LogP contribution in [-0.2, 0) is 0 Å². The molecule has 1 atom stereocenters. The van der Waals surface area contributed by atoms with Gasteiger partial charge in [0.1, 0.15) is 0 Å². The van der Waals surface area contributed by atoms with E-state index in [2.05, 4.69) is 25.1 Å². The Hall–Kier alpha value is -0.790. The highest BCUT2D eigenvalue weighted by atomic mass is 16.4. The molecule has 0 rings (SSSR count). The van der Waals surface area contributed by atoms with Crippen molar-refractivity contribution in [3.63, 3.8) is 0 Å². The zero-order valence-electron chi connectivity index (χ0n) is 7.54. The molecule has 0 aromatic carbocycles. The fraction of sp³-hybridized carbons (Fsp3) is 0.667. The van der Waals surface area contributed by atoms with Crippen molar-refractivity contribution in [2.75, 3.05) is 0 Å². The van der Waals surface area contributed by atoms with Gasteiger partial charge in [0.25, 0.3) is 0 Å². The second kappa shape index (κ2) is 5.96. The van der Waals surface area contributed by atoms with Gasteiger partial charge in [-0.25, -0.2) is 0 Å². The lowest BCUT2D eigenvalue weighted by Crippen LogP contribution is -1.94. The van der Waals surface area contributed by atoms with Crippen molar-refractivity contribution < 1.29 is 5.21 Å². The Balaban J connectivity index is 3.46. The smallest absolute Gasteiger partial charge is 0.0464 e. The van der Waals surface area contributed by atoms with E-state index in [1.165, 1.54) is 5.57 Å². The van der Waals surface area contributed by atoms with Crippen molar-refractivity contribution in [3.8, 4) is 0 Å². The Kier molecular flexibility index (Phi) is 5.53. The minimum atomic E-state index is 0.371. The van der Waals surface area contributed by atoms with Crippen LogP contribution >= 0.6 is 0 Å². The second-order valence-electron chi connectivity index (χ2n) is 3.10. The number of oxime groups is 1. The molecule has 0 fully saturated rings. The maximum Gasteiger partial charge on any atom is 0.0464 e. The van der Waals surface area contributed by atoms with Crippen LogP contribution < -0.4 is 0 Å². The first-order valence-electron chi connectivity index (χ1n) is 3.97. The number of allylic oxidation sites excluding steroid dienone is 2. The molecule has 0 aliphatic carbocycles. The van der Waals surface area contributed by atoms with Gasteiger partial charge in [0, 0.05) is 6.21 Å². The molecule has 0 amide bonds. The van der Waals surface area contributed by atoms with Crippen LogP contribution in [0.1, 0.15) is 33.6 Å². The zero-order chi connectivity index (χ0) is 8.69. The van der Waals surface area contributed by atoms with Gasteiger partial charge in [-0.15, -0.1) is 5.16 Å². The van der Waals surface area contributed by atoms with Crippen molar-refractivity contribution in [2.24, 2.45) is 11.1 Å². The highest BCUT2D eigenvalue weighted by Crippen LogP contribution is 2.04. The Morgan fingerprint density at radius 3 is 2.64 bits per heavy atom. The third-order valence-electron chi connectivity index (χ3n) is 1.50. The van der Waals surface area contributed by atoms with E-state index in [1.807, 2.05) is 6.92 Å². The molecule has 0 aliphatic rings. The van der Waals surface area contributed by atoms with E-state index < -0.39 is 0 Å². The van der Waals surface area contributed by atoms with Gasteiger partial charge in [-0.2, -0.15) is 0 Å². The van der Waals surface area contributed by atoms with Crippen molar-refractivity contribution >= 4 is 6.21 Å². The van der Waals surface area contributed by atoms with E-state index in [0.29, 0.717) is 5.92 Å². The van der Waals surface area contributed by atoms with Gasteiger partial charge in [0.15, 0.2) is 0 Å². The first-order valence-corrected chi connectivity index (χ1v) is 3.97. The lowest BCUT2D eigenvalue weighted by Gasteiger charge is -2.00. The van der Waals surface area contributed by atoms with Crippen molar-refractivity contribution in [2.45, 2.75) is 33.6 Å². The fourth-order valence-corrected chi connectivity index (χ4v) is 0.823. The maximum absolute atomic E-state index is 8.20. The molecule has 0 aromatic rings. The molecule has 0 aliphatic heterocycles. The zero-order valence-corrected chi connectivity index (χ0v) is 7.54. The third kappa shape index (κ3) is 7.10. The van der Waals surface area contributed by atoms with E-state index >= 15 is 0 Å². The average Bonchev–Trinajstić information content (AvgIpc) is 1.87. The van der Waals surface area contributed by atoms with Gasteiger partial charge in [0.2, 0.25) is 0 Å². The standard InChI is InChI=1S/C9H17NO/c1-8(2)5-4-6-9(3)7-10-11/h5,7,9,11H,4,6H2,1-3H3/b10-7-/t9-/m1/s1. The number of hydrogen-bond acceptors (Lipinski definition) is 2. The summed E-state index contributed by atoms with van der Waals surface area (Å²) in [6, 6.07) is 0. The van der Waals surface area contributed by atoms with Crippen molar-refractivity contribution in [3.05, 3.63) is 11.6 Å². The number of hydrogen-bond donors (Lipinski definition) is 1. The Morgan fingerprint density at radius 1 is 1.55 bits per heavy atom. The SMILES string of the molecule is CC(C)=CCC[C@@H](C)/C=N\O. The highest BCUT2D eigenvalue weighted by Gasteiger charge is 1.95. The quantitative estimate of drug-likeness (QED) is 0.288. The second-order valence-corrected chi connectivity index (χ2v) is 3.10. The molecule has 0 heterocycles. The van der Waals surface area contributed by atoms with E-state index in [1.54, 1.807) is 6.21 Å². The molecule has 0 saturated carbocycles. The Labute approximate surface area is 68.6 Å². The predicted octanol–water partition coefficient (Wildman–Crippen LogP) is 2.83. The van der Waals surface area contributed by atoms with Gasteiger partial charge in [-0.1, -0.05) is 18.6 Å². The summed E-state index contributed by atoms with van der Waals surface area (Å²) in [7, 11) is 0. The Bertz CT molecular complexity index is 146. The van der Waals surface area contributed by atoms with Crippen LogP contribution in [0.4, 0.5) is 0 Å². The minimum Gasteiger partial charge on any atom is -0.411 e. The summed E-state index contributed by atoms with van der Waals surface area (Å²) in [5, 5.41) is 11.2. The van der Waals surface area contributed by atoms with Crippen LogP contribution in [-0.4, -0.2) is 11.4 Å². The summed E-state index contributed by atoms with van der Waals surface area (Å²) in [6.07, 6.45) is 5.88. The summed E-state index contributed by atoms with van der Waals surface area (Å²) in [5.74, 6) is 0.371. The summed E-state index contributed by atoms with van der Waals surface area (Å²) < 4.78 is 0. The summed E-state index contributed by atoms with van der Waals surface area (Å²) in [5.41, 5.74) is 1.35. The van der Waals surface area contributed by atoms with Crippen LogP contribution in [0.25, 0.3) is 0 Å². The molecule has 0 bridgehead atoms.